The lowest BCUT2D eigenvalue weighted by Crippen LogP contribution is -2.13. The van der Waals surface area contributed by atoms with Gasteiger partial charge in [0.2, 0.25) is 0 Å². The summed E-state index contributed by atoms with van der Waals surface area (Å²) in [4.78, 5) is 12.9. The van der Waals surface area contributed by atoms with Crippen LogP contribution in [-0.4, -0.2) is 13.0 Å². The molecule has 6 heteroatoms. The Balaban J connectivity index is 2.15. The zero-order chi connectivity index (χ0) is 15.2. The van der Waals surface area contributed by atoms with Gasteiger partial charge in [-0.1, -0.05) is 0 Å². The molecule has 0 fully saturated rings. The molecule has 21 heavy (non-hydrogen) atoms. The van der Waals surface area contributed by atoms with Gasteiger partial charge in [-0.25, -0.2) is 0 Å². The van der Waals surface area contributed by atoms with E-state index in [1.54, 1.807) is 37.5 Å². The molecular weight excluding hydrogens is 352 g/mol. The zero-order valence-electron chi connectivity index (χ0n) is 11.1. The summed E-state index contributed by atoms with van der Waals surface area (Å²) in [6.07, 6.45) is 1.56. The van der Waals surface area contributed by atoms with Gasteiger partial charge in [0.15, 0.2) is 0 Å². The Labute approximate surface area is 134 Å². The molecule has 2 rings (SSSR count). The van der Waals surface area contributed by atoms with Crippen LogP contribution in [0.4, 0.5) is 5.69 Å². The summed E-state index contributed by atoms with van der Waals surface area (Å²) < 4.78 is 5.90. The monoisotopic (exact) mass is 362 g/mol. The van der Waals surface area contributed by atoms with E-state index < -0.39 is 5.91 Å². The number of hydrogen-bond donors (Lipinski definition) is 1. The van der Waals surface area contributed by atoms with Gasteiger partial charge in [-0.15, -0.1) is 11.3 Å². The number of halogens is 1. The molecule has 0 aliphatic heterocycles. The fourth-order valence-electron chi connectivity index (χ4n) is 1.56. The Morgan fingerprint density at radius 2 is 2.10 bits per heavy atom. The van der Waals surface area contributed by atoms with Crippen LogP contribution in [0, 0.1) is 11.3 Å². The number of thiophene rings is 1. The minimum Gasteiger partial charge on any atom is -0.497 e. The van der Waals surface area contributed by atoms with Crippen LogP contribution >= 0.6 is 27.3 Å². The quantitative estimate of drug-likeness (QED) is 0.658. The Morgan fingerprint density at radius 3 is 2.62 bits per heavy atom. The van der Waals surface area contributed by atoms with E-state index in [9.17, 15) is 4.79 Å². The van der Waals surface area contributed by atoms with E-state index >= 15 is 0 Å². The molecule has 0 spiro atoms. The van der Waals surface area contributed by atoms with Crippen molar-refractivity contribution < 1.29 is 9.53 Å². The van der Waals surface area contributed by atoms with E-state index in [4.69, 9.17) is 10.00 Å². The highest BCUT2D eigenvalue weighted by Crippen LogP contribution is 2.25. The predicted molar refractivity (Wildman–Crippen MR) is 87.2 cm³/mol. The van der Waals surface area contributed by atoms with Gasteiger partial charge < -0.3 is 10.1 Å². The number of nitrogens with zero attached hydrogens (tertiary/aromatic N) is 1. The number of amides is 1. The first kappa shape index (κ1) is 15.3. The molecule has 0 aliphatic rings. The highest BCUT2D eigenvalue weighted by Gasteiger charge is 2.11. The Hall–Kier alpha value is -2.10. The SMILES string of the molecule is COc1ccc(NC(=O)C(C#N)=Cc2sccc2Br)cc1. The molecule has 1 amide bonds. The number of carbonyl (C=O) groups excluding carboxylic acids is 1. The van der Waals surface area contributed by atoms with Crippen molar-refractivity contribution in [3.05, 3.63) is 50.6 Å². The summed E-state index contributed by atoms with van der Waals surface area (Å²) in [5.74, 6) is 0.259. The third kappa shape index (κ3) is 3.94. The number of anilines is 1. The molecule has 1 aromatic carbocycles. The smallest absolute Gasteiger partial charge is 0.266 e. The summed E-state index contributed by atoms with van der Waals surface area (Å²) in [5.41, 5.74) is 0.654. The number of hydrogen-bond acceptors (Lipinski definition) is 4. The summed E-state index contributed by atoms with van der Waals surface area (Å²) in [7, 11) is 1.57. The highest BCUT2D eigenvalue weighted by molar-refractivity contribution is 9.10. The summed E-state index contributed by atoms with van der Waals surface area (Å²) in [6, 6.07) is 10.7. The van der Waals surface area contributed by atoms with Crippen molar-refractivity contribution in [1.29, 1.82) is 5.26 Å². The second kappa shape index (κ2) is 7.07. The maximum absolute atomic E-state index is 12.1. The number of carbonyl (C=O) groups is 1. The lowest BCUT2D eigenvalue weighted by molar-refractivity contribution is -0.112. The average molecular weight is 363 g/mol. The Bertz CT molecular complexity index is 714. The third-order valence-electron chi connectivity index (χ3n) is 2.63. The highest BCUT2D eigenvalue weighted by atomic mass is 79.9. The second-order valence-electron chi connectivity index (χ2n) is 3.99. The summed E-state index contributed by atoms with van der Waals surface area (Å²) in [6.45, 7) is 0. The van der Waals surface area contributed by atoms with Gasteiger partial charge in [-0.05, 0) is 57.7 Å². The van der Waals surface area contributed by atoms with Gasteiger partial charge in [0.25, 0.3) is 5.91 Å². The fraction of sp³-hybridized carbons (Fsp3) is 0.0667. The van der Waals surface area contributed by atoms with E-state index in [0.717, 1.165) is 9.35 Å². The van der Waals surface area contributed by atoms with Crippen molar-refractivity contribution in [2.24, 2.45) is 0 Å². The number of ether oxygens (including phenoxy) is 1. The van der Waals surface area contributed by atoms with Crippen LogP contribution in [-0.2, 0) is 4.79 Å². The first-order valence-electron chi connectivity index (χ1n) is 5.94. The number of methoxy groups -OCH3 is 1. The molecule has 0 unspecified atom stereocenters. The molecule has 106 valence electrons. The third-order valence-corrected chi connectivity index (χ3v) is 4.45. The molecule has 1 N–H and O–H groups in total. The minimum atomic E-state index is -0.442. The molecule has 2 aromatic rings. The Morgan fingerprint density at radius 1 is 1.38 bits per heavy atom. The Kier molecular flexibility index (Phi) is 5.14. The molecule has 0 radical (unpaired) electrons. The normalized spacial score (nSPS) is 10.8. The number of rotatable bonds is 4. The van der Waals surface area contributed by atoms with E-state index in [1.807, 2.05) is 17.5 Å². The minimum absolute atomic E-state index is 0.0500. The molecule has 0 atom stereocenters. The molecule has 0 saturated carbocycles. The number of benzene rings is 1. The van der Waals surface area contributed by atoms with Gasteiger partial charge in [0, 0.05) is 15.0 Å². The van der Waals surface area contributed by atoms with E-state index in [-0.39, 0.29) is 5.57 Å². The largest absolute Gasteiger partial charge is 0.497 e. The van der Waals surface area contributed by atoms with Gasteiger partial charge >= 0.3 is 0 Å². The fourth-order valence-corrected chi connectivity index (χ4v) is 2.98. The second-order valence-corrected chi connectivity index (χ2v) is 5.79. The van der Waals surface area contributed by atoms with Crippen molar-refractivity contribution in [3.63, 3.8) is 0 Å². The maximum atomic E-state index is 12.1. The van der Waals surface area contributed by atoms with Crippen molar-refractivity contribution in [1.82, 2.24) is 0 Å². The van der Waals surface area contributed by atoms with Crippen LogP contribution in [0.15, 0.2) is 45.8 Å². The number of nitriles is 1. The summed E-state index contributed by atoms with van der Waals surface area (Å²) >= 11 is 4.82. The maximum Gasteiger partial charge on any atom is 0.266 e. The van der Waals surface area contributed by atoms with Crippen LogP contribution < -0.4 is 10.1 Å². The molecular formula is C15H11BrN2O2S. The van der Waals surface area contributed by atoms with Gasteiger partial charge in [-0.3, -0.25) is 4.79 Å². The average Bonchev–Trinajstić information content (AvgIpc) is 2.90. The van der Waals surface area contributed by atoms with Crippen LogP contribution in [0.25, 0.3) is 6.08 Å². The molecule has 1 aromatic heterocycles. The van der Waals surface area contributed by atoms with Crippen molar-refractivity contribution in [2.75, 3.05) is 12.4 Å². The van der Waals surface area contributed by atoms with Crippen molar-refractivity contribution in [2.45, 2.75) is 0 Å². The van der Waals surface area contributed by atoms with E-state index in [2.05, 4.69) is 21.2 Å². The standard InChI is InChI=1S/C15H11BrN2O2S/c1-20-12-4-2-11(3-5-12)18-15(19)10(9-17)8-14-13(16)6-7-21-14/h2-8H,1H3,(H,18,19). The first-order valence-corrected chi connectivity index (χ1v) is 7.61. The lowest BCUT2D eigenvalue weighted by Gasteiger charge is -2.05. The van der Waals surface area contributed by atoms with Crippen LogP contribution in [0.3, 0.4) is 0 Å². The molecule has 0 saturated heterocycles. The van der Waals surface area contributed by atoms with Gasteiger partial charge in [-0.2, -0.15) is 5.26 Å². The van der Waals surface area contributed by atoms with Crippen LogP contribution in [0.2, 0.25) is 0 Å². The predicted octanol–water partition coefficient (Wildman–Crippen LogP) is 4.06. The molecule has 0 bridgehead atoms. The first-order chi connectivity index (χ1) is 10.1. The topological polar surface area (TPSA) is 62.1 Å². The van der Waals surface area contributed by atoms with Crippen LogP contribution in [0.1, 0.15) is 4.88 Å². The zero-order valence-corrected chi connectivity index (χ0v) is 13.5. The summed E-state index contributed by atoms with van der Waals surface area (Å²) in [5, 5.41) is 13.7. The van der Waals surface area contributed by atoms with Gasteiger partial charge in [0.05, 0.1) is 7.11 Å². The molecule has 4 nitrogen and oxygen atoms in total. The number of nitrogens with one attached hydrogen (secondary N) is 1. The lowest BCUT2D eigenvalue weighted by atomic mass is 10.2. The van der Waals surface area contributed by atoms with Crippen molar-refractivity contribution >= 4 is 44.9 Å². The van der Waals surface area contributed by atoms with E-state index in [1.165, 1.54) is 11.3 Å². The molecule has 1 heterocycles. The van der Waals surface area contributed by atoms with Gasteiger partial charge in [0.1, 0.15) is 17.4 Å². The molecule has 0 aliphatic carbocycles. The van der Waals surface area contributed by atoms with Crippen molar-refractivity contribution in [3.8, 4) is 11.8 Å². The van der Waals surface area contributed by atoms with E-state index in [0.29, 0.717) is 11.4 Å². The van der Waals surface area contributed by atoms with Crippen LogP contribution in [0.5, 0.6) is 5.75 Å².